The molecule has 6 heteroatoms. The van der Waals surface area contributed by atoms with Gasteiger partial charge in [-0.25, -0.2) is 4.98 Å². The minimum absolute atomic E-state index is 0.0786. The fourth-order valence-corrected chi connectivity index (χ4v) is 3.37. The van der Waals surface area contributed by atoms with Crippen molar-refractivity contribution in [1.82, 2.24) is 14.7 Å². The van der Waals surface area contributed by atoms with E-state index in [4.69, 9.17) is 4.52 Å². The molecule has 0 atom stereocenters. The number of carbonyl (C=O) groups is 1. The first-order valence-corrected chi connectivity index (χ1v) is 8.48. The molecule has 1 N–H and O–H groups in total. The summed E-state index contributed by atoms with van der Waals surface area (Å²) < 4.78 is 7.37. The minimum Gasteiger partial charge on any atom is -0.361 e. The molecule has 0 radical (unpaired) electrons. The monoisotopic (exact) mass is 336 g/mol. The molecule has 2 aromatic heterocycles. The summed E-state index contributed by atoms with van der Waals surface area (Å²) in [6.45, 7) is 4.68. The van der Waals surface area contributed by atoms with Crippen LogP contribution in [0.5, 0.6) is 0 Å². The van der Waals surface area contributed by atoms with E-state index in [-0.39, 0.29) is 12.3 Å². The highest BCUT2D eigenvalue weighted by molar-refractivity contribution is 5.93. The number of aryl methyl sites for hydroxylation is 3. The smallest absolute Gasteiger partial charge is 0.228 e. The maximum Gasteiger partial charge on any atom is 0.228 e. The van der Waals surface area contributed by atoms with Crippen molar-refractivity contribution in [3.63, 3.8) is 0 Å². The molecular formula is C19H20N4O2. The normalized spacial score (nSPS) is 13.0. The van der Waals surface area contributed by atoms with Gasteiger partial charge in [-0.05, 0) is 32.4 Å². The molecule has 1 aliphatic rings. The molecular weight excluding hydrogens is 316 g/mol. The number of rotatable bonds is 4. The van der Waals surface area contributed by atoms with Crippen LogP contribution in [-0.4, -0.2) is 20.6 Å². The first-order chi connectivity index (χ1) is 12.1. The summed E-state index contributed by atoms with van der Waals surface area (Å²) in [6.07, 6.45) is 4.35. The van der Waals surface area contributed by atoms with Crippen LogP contribution in [-0.2, 0) is 24.2 Å². The van der Waals surface area contributed by atoms with Crippen molar-refractivity contribution in [3.05, 3.63) is 53.3 Å². The van der Waals surface area contributed by atoms with Gasteiger partial charge in [0.25, 0.3) is 0 Å². The van der Waals surface area contributed by atoms with Gasteiger partial charge in [-0.3, -0.25) is 4.79 Å². The Labute approximate surface area is 145 Å². The van der Waals surface area contributed by atoms with Gasteiger partial charge < -0.3 is 14.4 Å². The van der Waals surface area contributed by atoms with Crippen LogP contribution in [0.15, 0.2) is 35.0 Å². The summed E-state index contributed by atoms with van der Waals surface area (Å²) in [5, 5.41) is 6.86. The fraction of sp³-hybridized carbons (Fsp3) is 0.316. The number of nitrogens with one attached hydrogen (secondary N) is 1. The van der Waals surface area contributed by atoms with E-state index in [1.807, 2.05) is 44.3 Å². The molecule has 3 heterocycles. The summed E-state index contributed by atoms with van der Waals surface area (Å²) in [5.74, 6) is 1.75. The lowest BCUT2D eigenvalue weighted by Crippen LogP contribution is -2.15. The third-order valence-electron chi connectivity index (χ3n) is 4.68. The van der Waals surface area contributed by atoms with Crippen molar-refractivity contribution < 1.29 is 9.32 Å². The summed E-state index contributed by atoms with van der Waals surface area (Å²) in [5.41, 5.74) is 4.56. The standard InChI is InChI=1S/C19H20N4O2/c1-12-16(13(2)25-22-12)10-19(24)21-15-6-3-5-14(9-15)17-11-20-18-7-4-8-23(17)18/h3,5-6,9,11H,4,7-8,10H2,1-2H3,(H,21,24). The number of hydrogen-bond donors (Lipinski definition) is 1. The molecule has 1 aromatic carbocycles. The van der Waals surface area contributed by atoms with Crippen LogP contribution in [0.25, 0.3) is 11.3 Å². The van der Waals surface area contributed by atoms with E-state index in [2.05, 4.69) is 20.0 Å². The van der Waals surface area contributed by atoms with Crippen LogP contribution >= 0.6 is 0 Å². The van der Waals surface area contributed by atoms with Gasteiger partial charge in [0.2, 0.25) is 5.91 Å². The van der Waals surface area contributed by atoms with Crippen molar-refractivity contribution >= 4 is 11.6 Å². The lowest BCUT2D eigenvalue weighted by atomic mass is 10.1. The number of hydrogen-bond acceptors (Lipinski definition) is 4. The van der Waals surface area contributed by atoms with E-state index < -0.39 is 0 Å². The molecule has 0 saturated heterocycles. The maximum atomic E-state index is 12.4. The molecule has 6 nitrogen and oxygen atoms in total. The fourth-order valence-electron chi connectivity index (χ4n) is 3.37. The molecule has 0 saturated carbocycles. The number of aromatic nitrogens is 3. The number of benzene rings is 1. The van der Waals surface area contributed by atoms with Crippen LogP contribution in [0.2, 0.25) is 0 Å². The average Bonchev–Trinajstić information content (AvgIpc) is 3.27. The Morgan fingerprint density at radius 2 is 2.24 bits per heavy atom. The Morgan fingerprint density at radius 1 is 1.36 bits per heavy atom. The summed E-state index contributed by atoms with van der Waals surface area (Å²) >= 11 is 0. The van der Waals surface area contributed by atoms with Gasteiger partial charge in [-0.2, -0.15) is 0 Å². The van der Waals surface area contributed by atoms with Crippen LogP contribution in [0, 0.1) is 13.8 Å². The number of amides is 1. The molecule has 3 aromatic rings. The molecule has 4 rings (SSSR count). The third kappa shape index (κ3) is 2.95. The largest absolute Gasteiger partial charge is 0.361 e. The summed E-state index contributed by atoms with van der Waals surface area (Å²) in [4.78, 5) is 16.9. The number of carbonyl (C=O) groups excluding carboxylic acids is 1. The van der Waals surface area contributed by atoms with Gasteiger partial charge in [0, 0.05) is 29.8 Å². The van der Waals surface area contributed by atoms with Gasteiger partial charge in [-0.1, -0.05) is 17.3 Å². The molecule has 0 unspecified atom stereocenters. The number of nitrogens with zero attached hydrogens (tertiary/aromatic N) is 3. The van der Waals surface area contributed by atoms with Gasteiger partial charge in [0.1, 0.15) is 11.6 Å². The van der Waals surface area contributed by atoms with Gasteiger partial charge in [0.15, 0.2) is 0 Å². The highest BCUT2D eigenvalue weighted by atomic mass is 16.5. The number of imidazole rings is 1. The van der Waals surface area contributed by atoms with Crippen molar-refractivity contribution in [1.29, 1.82) is 0 Å². The zero-order valence-corrected chi connectivity index (χ0v) is 14.4. The second-order valence-electron chi connectivity index (χ2n) is 6.42. The SMILES string of the molecule is Cc1noc(C)c1CC(=O)Nc1cccc(-c2cnc3n2CCC3)c1. The molecule has 1 aliphatic heterocycles. The Kier molecular flexibility index (Phi) is 3.87. The van der Waals surface area contributed by atoms with E-state index >= 15 is 0 Å². The topological polar surface area (TPSA) is 73.0 Å². The predicted octanol–water partition coefficient (Wildman–Crippen LogP) is 3.28. The van der Waals surface area contributed by atoms with E-state index in [0.29, 0.717) is 5.76 Å². The average molecular weight is 336 g/mol. The Balaban J connectivity index is 1.53. The summed E-state index contributed by atoms with van der Waals surface area (Å²) in [6, 6.07) is 7.89. The summed E-state index contributed by atoms with van der Waals surface area (Å²) in [7, 11) is 0. The zero-order chi connectivity index (χ0) is 17.4. The van der Waals surface area contributed by atoms with Crippen molar-refractivity contribution in [2.75, 3.05) is 5.32 Å². The lowest BCUT2D eigenvalue weighted by Gasteiger charge is -2.09. The Hall–Kier alpha value is -2.89. The Bertz CT molecular complexity index is 919. The molecule has 25 heavy (non-hydrogen) atoms. The highest BCUT2D eigenvalue weighted by Gasteiger charge is 2.17. The second kappa shape index (κ2) is 6.20. The van der Waals surface area contributed by atoms with Crippen molar-refractivity contribution in [2.45, 2.75) is 39.7 Å². The van der Waals surface area contributed by atoms with Crippen molar-refractivity contribution in [2.24, 2.45) is 0 Å². The zero-order valence-electron chi connectivity index (χ0n) is 14.4. The lowest BCUT2D eigenvalue weighted by molar-refractivity contribution is -0.115. The molecule has 128 valence electrons. The molecule has 0 aliphatic carbocycles. The van der Waals surface area contributed by atoms with Crippen LogP contribution in [0.4, 0.5) is 5.69 Å². The van der Waals surface area contributed by atoms with Crippen LogP contribution < -0.4 is 5.32 Å². The molecule has 0 spiro atoms. The third-order valence-corrected chi connectivity index (χ3v) is 4.68. The van der Waals surface area contributed by atoms with Crippen LogP contribution in [0.1, 0.15) is 29.3 Å². The minimum atomic E-state index is -0.0786. The number of anilines is 1. The van der Waals surface area contributed by atoms with E-state index in [1.54, 1.807) is 0 Å². The first kappa shape index (κ1) is 15.6. The molecule has 0 fully saturated rings. The van der Waals surface area contributed by atoms with Gasteiger partial charge >= 0.3 is 0 Å². The first-order valence-electron chi connectivity index (χ1n) is 8.48. The maximum absolute atomic E-state index is 12.4. The van der Waals surface area contributed by atoms with E-state index in [9.17, 15) is 4.79 Å². The molecule has 1 amide bonds. The van der Waals surface area contributed by atoms with Crippen LogP contribution in [0.3, 0.4) is 0 Å². The van der Waals surface area contributed by atoms with Crippen molar-refractivity contribution in [3.8, 4) is 11.3 Å². The second-order valence-corrected chi connectivity index (χ2v) is 6.42. The van der Waals surface area contributed by atoms with Gasteiger partial charge in [-0.15, -0.1) is 0 Å². The van der Waals surface area contributed by atoms with E-state index in [0.717, 1.165) is 53.4 Å². The molecule has 0 bridgehead atoms. The quantitative estimate of drug-likeness (QED) is 0.793. The number of fused-ring (bicyclic) bond motifs is 1. The highest BCUT2D eigenvalue weighted by Crippen LogP contribution is 2.27. The Morgan fingerprint density at radius 3 is 3.04 bits per heavy atom. The van der Waals surface area contributed by atoms with Gasteiger partial charge in [0.05, 0.1) is 24.0 Å². The van der Waals surface area contributed by atoms with E-state index in [1.165, 1.54) is 0 Å². The predicted molar refractivity (Wildman–Crippen MR) is 94.3 cm³/mol.